The Morgan fingerprint density at radius 3 is 2.95 bits per heavy atom. The number of nitrogens with one attached hydrogen (secondary N) is 1. The molecule has 0 radical (unpaired) electrons. The summed E-state index contributed by atoms with van der Waals surface area (Å²) in [5, 5.41) is 7.14. The first-order valence-electron chi connectivity index (χ1n) is 7.54. The molecule has 0 bridgehead atoms. The molecule has 0 spiro atoms. The average Bonchev–Trinajstić information content (AvgIpc) is 3.12. The monoisotopic (exact) mass is 300 g/mol. The van der Waals surface area contributed by atoms with Crippen molar-refractivity contribution in [3.63, 3.8) is 0 Å². The Morgan fingerprint density at radius 1 is 1.45 bits per heavy atom. The van der Waals surface area contributed by atoms with Crippen molar-refractivity contribution in [2.45, 2.75) is 39.7 Å². The van der Waals surface area contributed by atoms with Gasteiger partial charge in [0.15, 0.2) is 0 Å². The van der Waals surface area contributed by atoms with E-state index in [1.807, 2.05) is 24.6 Å². The van der Waals surface area contributed by atoms with Gasteiger partial charge in [-0.3, -0.25) is 9.48 Å². The molecule has 2 heterocycles. The number of anilines is 1. The lowest BCUT2D eigenvalue weighted by molar-refractivity contribution is 0.102. The number of fused-ring (bicyclic) bond motifs is 1. The Morgan fingerprint density at radius 2 is 2.27 bits per heavy atom. The van der Waals surface area contributed by atoms with Crippen LogP contribution in [0.2, 0.25) is 0 Å². The van der Waals surface area contributed by atoms with E-state index in [1.165, 1.54) is 0 Å². The number of hydrogen-bond acceptors (Lipinski definition) is 4. The number of aromatic nitrogens is 3. The summed E-state index contributed by atoms with van der Waals surface area (Å²) in [5.74, 6) is 0.177. The highest BCUT2D eigenvalue weighted by Crippen LogP contribution is 2.27. The highest BCUT2D eigenvalue weighted by molar-refractivity contribution is 6.06. The molecule has 1 amide bonds. The largest absolute Gasteiger partial charge is 0.480 e. The zero-order valence-electron chi connectivity index (χ0n) is 13.1. The van der Waals surface area contributed by atoms with E-state index in [2.05, 4.69) is 15.4 Å². The second-order valence-corrected chi connectivity index (χ2v) is 5.42. The smallest absolute Gasteiger partial charge is 0.261 e. The van der Waals surface area contributed by atoms with Gasteiger partial charge in [0.2, 0.25) is 5.88 Å². The molecule has 1 N–H and O–H groups in total. The maximum absolute atomic E-state index is 12.6. The Hall–Kier alpha value is -2.37. The summed E-state index contributed by atoms with van der Waals surface area (Å²) in [7, 11) is 1.54. The predicted molar refractivity (Wildman–Crippen MR) is 83.4 cm³/mol. The van der Waals surface area contributed by atoms with Crippen LogP contribution in [0.15, 0.2) is 12.3 Å². The number of nitrogens with zero attached hydrogens (tertiary/aromatic N) is 3. The molecule has 0 aliphatic heterocycles. The summed E-state index contributed by atoms with van der Waals surface area (Å²) in [6.07, 6.45) is 4.68. The summed E-state index contributed by atoms with van der Waals surface area (Å²) in [4.78, 5) is 17.0. The van der Waals surface area contributed by atoms with Gasteiger partial charge in [-0.1, -0.05) is 0 Å². The molecule has 6 heteroatoms. The lowest BCUT2D eigenvalue weighted by Gasteiger charge is -2.10. The summed E-state index contributed by atoms with van der Waals surface area (Å²) in [5.41, 5.74) is 4.32. The topological polar surface area (TPSA) is 69.0 Å². The molecular weight excluding hydrogens is 280 g/mol. The number of methoxy groups -OCH3 is 1. The minimum atomic E-state index is -0.210. The fraction of sp³-hybridized carbons (Fsp3) is 0.438. The van der Waals surface area contributed by atoms with Gasteiger partial charge in [-0.2, -0.15) is 5.10 Å². The van der Waals surface area contributed by atoms with Gasteiger partial charge in [-0.25, -0.2) is 4.98 Å². The molecule has 0 atom stereocenters. The van der Waals surface area contributed by atoms with E-state index >= 15 is 0 Å². The van der Waals surface area contributed by atoms with Crippen molar-refractivity contribution in [3.8, 4) is 5.88 Å². The van der Waals surface area contributed by atoms with E-state index in [4.69, 9.17) is 4.74 Å². The minimum Gasteiger partial charge on any atom is -0.480 e. The van der Waals surface area contributed by atoms with E-state index in [0.29, 0.717) is 11.4 Å². The summed E-state index contributed by atoms with van der Waals surface area (Å²) < 4.78 is 7.13. The number of amides is 1. The predicted octanol–water partition coefficient (Wildman–Crippen LogP) is 2.36. The molecule has 0 fully saturated rings. The number of carbonyl (C=O) groups is 1. The number of carbonyl (C=O) groups excluding carboxylic acids is 1. The molecule has 0 saturated carbocycles. The maximum atomic E-state index is 12.6. The van der Waals surface area contributed by atoms with Crippen LogP contribution in [-0.4, -0.2) is 27.8 Å². The van der Waals surface area contributed by atoms with Gasteiger partial charge in [-0.15, -0.1) is 0 Å². The molecule has 6 nitrogen and oxygen atoms in total. The van der Waals surface area contributed by atoms with Gasteiger partial charge in [0.05, 0.1) is 24.7 Å². The van der Waals surface area contributed by atoms with Gasteiger partial charge in [0.25, 0.3) is 5.91 Å². The summed E-state index contributed by atoms with van der Waals surface area (Å²) in [6.45, 7) is 4.72. The van der Waals surface area contributed by atoms with Crippen molar-refractivity contribution in [1.29, 1.82) is 0 Å². The first-order chi connectivity index (χ1) is 10.6. The van der Waals surface area contributed by atoms with Crippen LogP contribution in [0.4, 0.5) is 5.69 Å². The third kappa shape index (κ3) is 2.45. The number of aryl methyl sites for hydroxylation is 3. The second-order valence-electron chi connectivity index (χ2n) is 5.42. The van der Waals surface area contributed by atoms with E-state index in [1.54, 1.807) is 13.3 Å². The van der Waals surface area contributed by atoms with Crippen molar-refractivity contribution in [3.05, 3.63) is 34.8 Å². The lowest BCUT2D eigenvalue weighted by atomic mass is 10.1. The normalized spacial score (nSPS) is 13.0. The average molecular weight is 300 g/mol. The van der Waals surface area contributed by atoms with Gasteiger partial charge in [0.1, 0.15) is 5.56 Å². The van der Waals surface area contributed by atoms with Gasteiger partial charge in [0, 0.05) is 12.2 Å². The molecule has 1 aliphatic carbocycles. The molecule has 1 aliphatic rings. The van der Waals surface area contributed by atoms with Crippen LogP contribution in [0.3, 0.4) is 0 Å². The van der Waals surface area contributed by atoms with E-state index in [-0.39, 0.29) is 5.91 Å². The van der Waals surface area contributed by atoms with Crippen LogP contribution in [0.1, 0.15) is 40.7 Å². The van der Waals surface area contributed by atoms with Crippen LogP contribution in [0, 0.1) is 6.92 Å². The zero-order chi connectivity index (χ0) is 15.7. The van der Waals surface area contributed by atoms with Crippen molar-refractivity contribution in [2.24, 2.45) is 0 Å². The molecule has 22 heavy (non-hydrogen) atoms. The third-order valence-electron chi connectivity index (χ3n) is 4.10. The first kappa shape index (κ1) is 14.6. The van der Waals surface area contributed by atoms with Crippen LogP contribution in [0.5, 0.6) is 5.88 Å². The molecule has 116 valence electrons. The van der Waals surface area contributed by atoms with E-state index < -0.39 is 0 Å². The molecule has 0 unspecified atom stereocenters. The number of pyridine rings is 1. The molecular formula is C16H20N4O2. The van der Waals surface area contributed by atoms with Crippen LogP contribution < -0.4 is 10.1 Å². The highest BCUT2D eigenvalue weighted by Gasteiger charge is 2.21. The molecule has 0 aromatic carbocycles. The van der Waals surface area contributed by atoms with Crippen molar-refractivity contribution in [2.75, 3.05) is 12.4 Å². The molecule has 3 rings (SSSR count). The van der Waals surface area contributed by atoms with Gasteiger partial charge in [-0.05, 0) is 44.7 Å². The van der Waals surface area contributed by atoms with E-state index in [0.717, 1.165) is 48.4 Å². The molecule has 0 saturated heterocycles. The zero-order valence-corrected chi connectivity index (χ0v) is 13.1. The fourth-order valence-electron chi connectivity index (χ4n) is 2.85. The van der Waals surface area contributed by atoms with Gasteiger partial charge >= 0.3 is 0 Å². The molecule has 2 aromatic heterocycles. The second kappa shape index (κ2) is 5.79. The number of hydrogen-bond donors (Lipinski definition) is 1. The Bertz CT molecular complexity index is 721. The maximum Gasteiger partial charge on any atom is 0.261 e. The Balaban J connectivity index is 1.90. The fourth-order valence-corrected chi connectivity index (χ4v) is 2.85. The third-order valence-corrected chi connectivity index (χ3v) is 4.10. The van der Waals surface area contributed by atoms with Gasteiger partial charge < -0.3 is 10.1 Å². The van der Waals surface area contributed by atoms with Crippen LogP contribution in [-0.2, 0) is 19.4 Å². The number of ether oxygens (including phenoxy) is 1. The van der Waals surface area contributed by atoms with Crippen LogP contribution >= 0.6 is 0 Å². The quantitative estimate of drug-likeness (QED) is 0.941. The summed E-state index contributed by atoms with van der Waals surface area (Å²) in [6, 6.07) is 1.91. The standard InChI is InChI=1S/C16H20N4O2/c1-4-20-10(2)14(9-17-20)18-15(21)12-8-11-6-5-7-13(11)19-16(12)22-3/h8-9H,4-7H2,1-3H3,(H,18,21). The van der Waals surface area contributed by atoms with E-state index in [9.17, 15) is 4.79 Å². The van der Waals surface area contributed by atoms with Crippen molar-refractivity contribution in [1.82, 2.24) is 14.8 Å². The summed E-state index contributed by atoms with van der Waals surface area (Å²) >= 11 is 0. The lowest BCUT2D eigenvalue weighted by Crippen LogP contribution is -2.15. The van der Waals surface area contributed by atoms with Crippen LogP contribution in [0.25, 0.3) is 0 Å². The minimum absolute atomic E-state index is 0.210. The molecule has 2 aromatic rings. The number of rotatable bonds is 4. The first-order valence-corrected chi connectivity index (χ1v) is 7.54. The SMILES string of the molecule is CCn1ncc(NC(=O)c2cc3c(nc2OC)CCC3)c1C. The Kier molecular flexibility index (Phi) is 3.83. The van der Waals surface area contributed by atoms with Crippen molar-refractivity contribution >= 4 is 11.6 Å². The Labute approximate surface area is 129 Å². The van der Waals surface area contributed by atoms with Crippen molar-refractivity contribution < 1.29 is 9.53 Å². The highest BCUT2D eigenvalue weighted by atomic mass is 16.5.